The minimum atomic E-state index is -0.489. The molecule has 0 fully saturated rings. The Kier molecular flexibility index (Phi) is 7.57. The number of pyridine rings is 1. The van der Waals surface area contributed by atoms with E-state index in [1.54, 1.807) is 35.2 Å². The molecule has 0 saturated heterocycles. The summed E-state index contributed by atoms with van der Waals surface area (Å²) in [7, 11) is 0. The fraction of sp³-hybridized carbons (Fsp3) is 0.348. The molecule has 0 saturated carbocycles. The zero-order valence-electron chi connectivity index (χ0n) is 17.2. The average molecular weight is 429 g/mol. The maximum absolute atomic E-state index is 13.9. The molecule has 0 aliphatic heterocycles. The lowest BCUT2D eigenvalue weighted by molar-refractivity contribution is 0.541. The highest BCUT2D eigenvalue weighted by Crippen LogP contribution is 2.25. The van der Waals surface area contributed by atoms with Crippen molar-refractivity contribution in [3.8, 4) is 11.3 Å². The van der Waals surface area contributed by atoms with Gasteiger partial charge in [0.25, 0.3) is 5.56 Å². The predicted octanol–water partition coefficient (Wildman–Crippen LogP) is 5.70. The summed E-state index contributed by atoms with van der Waals surface area (Å²) in [6.07, 6.45) is 7.42. The number of unbranched alkanes of at least 4 members (excludes halogenated alkanes) is 2. The molecule has 7 heteroatoms. The standard InChI is InChI=1S/C23H26ClFN4O/c1-3-5-6-11-26-23-27-12-9-20(28-23)16-10-13-29(22(30)15-16)21(4-2)17-7-8-18(24)19(25)14-17/h7-10,12-15,21H,3-6,11H2,1-2H3,(H,26,27,28). The summed E-state index contributed by atoms with van der Waals surface area (Å²) in [5.74, 6) is 0.0630. The van der Waals surface area contributed by atoms with Crippen LogP contribution in [0, 0.1) is 5.82 Å². The van der Waals surface area contributed by atoms with Crippen LogP contribution in [0.25, 0.3) is 11.3 Å². The Hall–Kier alpha value is -2.73. The number of anilines is 1. The molecule has 1 aromatic carbocycles. The quantitative estimate of drug-likeness (QED) is 0.444. The molecule has 3 rings (SSSR count). The second-order valence-corrected chi connectivity index (χ2v) is 7.57. The summed E-state index contributed by atoms with van der Waals surface area (Å²) in [5.41, 5.74) is 1.92. The molecule has 1 N–H and O–H groups in total. The number of halogens is 2. The monoisotopic (exact) mass is 428 g/mol. The number of hydrogen-bond acceptors (Lipinski definition) is 4. The van der Waals surface area contributed by atoms with Crippen molar-refractivity contribution in [2.45, 2.75) is 45.6 Å². The molecule has 0 aliphatic carbocycles. The van der Waals surface area contributed by atoms with Gasteiger partial charge in [-0.1, -0.05) is 44.4 Å². The van der Waals surface area contributed by atoms with Gasteiger partial charge in [-0.25, -0.2) is 14.4 Å². The Bertz CT molecular complexity index is 1050. The fourth-order valence-electron chi connectivity index (χ4n) is 3.40. The highest BCUT2D eigenvalue weighted by molar-refractivity contribution is 6.30. The first kappa shape index (κ1) is 22.0. The summed E-state index contributed by atoms with van der Waals surface area (Å²) in [6, 6.07) is 9.56. The number of aromatic nitrogens is 3. The van der Waals surface area contributed by atoms with E-state index in [1.807, 2.05) is 13.0 Å². The van der Waals surface area contributed by atoms with Crippen LogP contribution in [0.4, 0.5) is 10.3 Å². The van der Waals surface area contributed by atoms with Gasteiger partial charge in [0.05, 0.1) is 16.8 Å². The second kappa shape index (κ2) is 10.3. The normalized spacial score (nSPS) is 12.0. The first-order valence-electron chi connectivity index (χ1n) is 10.3. The number of hydrogen-bond donors (Lipinski definition) is 1. The fourth-order valence-corrected chi connectivity index (χ4v) is 3.52. The molecule has 0 bridgehead atoms. The highest BCUT2D eigenvalue weighted by atomic mass is 35.5. The van der Waals surface area contributed by atoms with Crippen LogP contribution in [-0.4, -0.2) is 21.1 Å². The van der Waals surface area contributed by atoms with E-state index in [9.17, 15) is 9.18 Å². The molecule has 1 unspecified atom stereocenters. The molecular formula is C23H26ClFN4O. The van der Waals surface area contributed by atoms with Gasteiger partial charge >= 0.3 is 0 Å². The van der Waals surface area contributed by atoms with Crippen molar-refractivity contribution in [3.63, 3.8) is 0 Å². The summed E-state index contributed by atoms with van der Waals surface area (Å²) in [4.78, 5) is 21.6. The van der Waals surface area contributed by atoms with E-state index >= 15 is 0 Å². The molecule has 0 amide bonds. The van der Waals surface area contributed by atoms with Crippen molar-refractivity contribution < 1.29 is 4.39 Å². The summed E-state index contributed by atoms with van der Waals surface area (Å²) >= 11 is 5.79. The van der Waals surface area contributed by atoms with Crippen LogP contribution in [-0.2, 0) is 0 Å². The minimum Gasteiger partial charge on any atom is -0.354 e. The molecule has 0 spiro atoms. The van der Waals surface area contributed by atoms with Crippen molar-refractivity contribution >= 4 is 17.5 Å². The van der Waals surface area contributed by atoms with Crippen LogP contribution in [0.5, 0.6) is 0 Å². The van der Waals surface area contributed by atoms with Gasteiger partial charge in [0, 0.05) is 30.6 Å². The van der Waals surface area contributed by atoms with Gasteiger partial charge in [-0.2, -0.15) is 0 Å². The Balaban J connectivity index is 1.84. The van der Waals surface area contributed by atoms with Crippen molar-refractivity contribution in [1.82, 2.24) is 14.5 Å². The lowest BCUT2D eigenvalue weighted by Crippen LogP contribution is -2.24. The minimum absolute atomic E-state index is 0.0687. The van der Waals surface area contributed by atoms with Gasteiger partial charge in [0.2, 0.25) is 5.95 Å². The first-order valence-corrected chi connectivity index (χ1v) is 10.7. The van der Waals surface area contributed by atoms with Crippen LogP contribution in [0.2, 0.25) is 5.02 Å². The lowest BCUT2D eigenvalue weighted by atomic mass is 10.0. The Morgan fingerprint density at radius 2 is 2.00 bits per heavy atom. The van der Waals surface area contributed by atoms with E-state index in [0.29, 0.717) is 29.2 Å². The average Bonchev–Trinajstić information content (AvgIpc) is 2.75. The van der Waals surface area contributed by atoms with Gasteiger partial charge < -0.3 is 9.88 Å². The van der Waals surface area contributed by atoms with Gasteiger partial charge in [-0.3, -0.25) is 4.79 Å². The largest absolute Gasteiger partial charge is 0.354 e. The van der Waals surface area contributed by atoms with Crippen LogP contribution < -0.4 is 10.9 Å². The van der Waals surface area contributed by atoms with E-state index in [2.05, 4.69) is 22.2 Å². The molecule has 5 nitrogen and oxygen atoms in total. The van der Waals surface area contributed by atoms with Crippen LogP contribution in [0.3, 0.4) is 0 Å². The molecular weight excluding hydrogens is 403 g/mol. The van der Waals surface area contributed by atoms with Crippen molar-refractivity contribution in [3.05, 3.63) is 75.5 Å². The predicted molar refractivity (Wildman–Crippen MR) is 120 cm³/mol. The van der Waals surface area contributed by atoms with E-state index in [1.165, 1.54) is 12.1 Å². The number of nitrogens with zero attached hydrogens (tertiary/aromatic N) is 3. The zero-order valence-corrected chi connectivity index (χ0v) is 18.0. The van der Waals surface area contributed by atoms with Gasteiger partial charge in [-0.05, 0) is 42.7 Å². The van der Waals surface area contributed by atoms with Gasteiger partial charge in [-0.15, -0.1) is 0 Å². The van der Waals surface area contributed by atoms with Crippen LogP contribution >= 0.6 is 11.6 Å². The molecule has 1 atom stereocenters. The first-order chi connectivity index (χ1) is 14.5. The molecule has 0 radical (unpaired) electrons. The third kappa shape index (κ3) is 5.25. The van der Waals surface area contributed by atoms with E-state index in [0.717, 1.165) is 25.8 Å². The van der Waals surface area contributed by atoms with Crippen molar-refractivity contribution in [2.75, 3.05) is 11.9 Å². The SMILES string of the molecule is CCCCCNc1nccc(-c2ccn(C(CC)c3ccc(Cl)c(F)c3)c(=O)c2)n1. The van der Waals surface area contributed by atoms with E-state index < -0.39 is 5.82 Å². The molecule has 2 aromatic heterocycles. The Labute approximate surface area is 181 Å². The highest BCUT2D eigenvalue weighted by Gasteiger charge is 2.15. The Morgan fingerprint density at radius 3 is 2.70 bits per heavy atom. The van der Waals surface area contributed by atoms with E-state index in [4.69, 9.17) is 11.6 Å². The van der Waals surface area contributed by atoms with Crippen molar-refractivity contribution in [1.29, 1.82) is 0 Å². The third-order valence-corrected chi connectivity index (χ3v) is 5.32. The molecule has 158 valence electrons. The summed E-state index contributed by atoms with van der Waals surface area (Å²) in [6.45, 7) is 4.93. The van der Waals surface area contributed by atoms with Crippen LogP contribution in [0.15, 0.2) is 53.6 Å². The maximum Gasteiger partial charge on any atom is 0.251 e. The lowest BCUT2D eigenvalue weighted by Gasteiger charge is -2.19. The summed E-state index contributed by atoms with van der Waals surface area (Å²) in [5, 5.41) is 3.29. The third-order valence-electron chi connectivity index (χ3n) is 5.01. The Morgan fingerprint density at radius 1 is 1.17 bits per heavy atom. The summed E-state index contributed by atoms with van der Waals surface area (Å²) < 4.78 is 15.5. The van der Waals surface area contributed by atoms with Gasteiger partial charge in [0.1, 0.15) is 5.82 Å². The molecule has 30 heavy (non-hydrogen) atoms. The molecule has 2 heterocycles. The maximum atomic E-state index is 13.9. The van der Waals surface area contributed by atoms with Crippen LogP contribution in [0.1, 0.15) is 51.1 Å². The van der Waals surface area contributed by atoms with E-state index in [-0.39, 0.29) is 16.6 Å². The molecule has 3 aromatic rings. The second-order valence-electron chi connectivity index (χ2n) is 7.16. The van der Waals surface area contributed by atoms with Gasteiger partial charge in [0.15, 0.2) is 0 Å². The smallest absolute Gasteiger partial charge is 0.251 e. The number of benzene rings is 1. The molecule has 0 aliphatic rings. The number of nitrogens with one attached hydrogen (secondary N) is 1. The topological polar surface area (TPSA) is 59.8 Å². The van der Waals surface area contributed by atoms with Crippen molar-refractivity contribution in [2.24, 2.45) is 0 Å². The number of rotatable bonds is 9. The zero-order chi connectivity index (χ0) is 21.5.